The normalized spacial score (nSPS) is 46.3. The van der Waals surface area contributed by atoms with E-state index in [0.717, 1.165) is 44.9 Å². The van der Waals surface area contributed by atoms with Crippen LogP contribution in [0.25, 0.3) is 0 Å². The van der Waals surface area contributed by atoms with Gasteiger partial charge in [0.25, 0.3) is 0 Å². The highest BCUT2D eigenvalue weighted by molar-refractivity contribution is 5.91. The van der Waals surface area contributed by atoms with Crippen LogP contribution in [-0.2, 0) is 9.59 Å². The van der Waals surface area contributed by atoms with E-state index in [1.165, 1.54) is 5.57 Å². The minimum absolute atomic E-state index is 0.0710. The molecule has 4 aliphatic carbocycles. The van der Waals surface area contributed by atoms with E-state index in [-0.39, 0.29) is 23.4 Å². The van der Waals surface area contributed by atoms with Crippen LogP contribution in [0.1, 0.15) is 78.1 Å². The fourth-order valence-corrected chi connectivity index (χ4v) is 7.81. The molecule has 0 aliphatic heterocycles. The molecular formula is C23H34O4. The standard InChI is InChI=1S/C23H34O4/c1-14-12-16-17(22(2)10-7-15(24)13-19(14)22)8-11-23(9-3-4-21(26)27)18(16)5-6-20(23)25/h13-14,16-18,20,25H,3-12H2,1-2H3,(H,26,27)/t14-,16+,17-,18-,20-,22+,23-/m0/s1. The fourth-order valence-electron chi connectivity index (χ4n) is 7.81. The number of allylic oxidation sites excluding steroid dienone is 1. The molecule has 4 rings (SSSR count). The molecule has 27 heavy (non-hydrogen) atoms. The summed E-state index contributed by atoms with van der Waals surface area (Å²) in [6.45, 7) is 4.67. The van der Waals surface area contributed by atoms with Crippen LogP contribution in [0.3, 0.4) is 0 Å². The Morgan fingerprint density at radius 1 is 1.22 bits per heavy atom. The minimum Gasteiger partial charge on any atom is -0.481 e. The van der Waals surface area contributed by atoms with E-state index in [4.69, 9.17) is 5.11 Å². The number of carboxylic acid groups (broad SMARTS) is 1. The van der Waals surface area contributed by atoms with Gasteiger partial charge < -0.3 is 10.2 Å². The van der Waals surface area contributed by atoms with Gasteiger partial charge in [0, 0.05) is 12.8 Å². The van der Waals surface area contributed by atoms with E-state index >= 15 is 0 Å². The molecule has 0 spiro atoms. The first-order valence-corrected chi connectivity index (χ1v) is 10.9. The number of rotatable bonds is 4. The Balaban J connectivity index is 1.63. The number of aliphatic hydroxyl groups is 1. The van der Waals surface area contributed by atoms with Gasteiger partial charge in [-0.3, -0.25) is 9.59 Å². The van der Waals surface area contributed by atoms with Gasteiger partial charge in [-0.25, -0.2) is 0 Å². The van der Waals surface area contributed by atoms with Crippen molar-refractivity contribution < 1.29 is 19.8 Å². The monoisotopic (exact) mass is 374 g/mol. The summed E-state index contributed by atoms with van der Waals surface area (Å²) in [5, 5.41) is 20.0. The van der Waals surface area contributed by atoms with Crippen LogP contribution in [0, 0.1) is 34.5 Å². The van der Waals surface area contributed by atoms with E-state index in [1.54, 1.807) is 0 Å². The van der Waals surface area contributed by atoms with Crippen molar-refractivity contribution in [3.8, 4) is 0 Å². The molecule has 4 heteroatoms. The Kier molecular flexibility index (Phi) is 4.77. The molecule has 3 saturated carbocycles. The molecule has 0 radical (unpaired) electrons. The highest BCUT2D eigenvalue weighted by Gasteiger charge is 2.61. The second-order valence-electron chi connectivity index (χ2n) is 10.1. The van der Waals surface area contributed by atoms with Gasteiger partial charge in [-0.05, 0) is 91.9 Å². The summed E-state index contributed by atoms with van der Waals surface area (Å²) < 4.78 is 0. The first-order chi connectivity index (χ1) is 12.8. The van der Waals surface area contributed by atoms with Crippen LogP contribution in [0.4, 0.5) is 0 Å². The second kappa shape index (κ2) is 6.72. The second-order valence-corrected chi connectivity index (χ2v) is 10.1. The molecule has 150 valence electrons. The molecule has 0 aromatic rings. The third-order valence-electron chi connectivity index (χ3n) is 8.98. The lowest BCUT2D eigenvalue weighted by atomic mass is 9.45. The number of carbonyl (C=O) groups is 2. The van der Waals surface area contributed by atoms with E-state index in [0.29, 0.717) is 42.3 Å². The molecule has 0 bridgehead atoms. The van der Waals surface area contributed by atoms with Gasteiger partial charge in [-0.2, -0.15) is 0 Å². The van der Waals surface area contributed by atoms with Crippen LogP contribution < -0.4 is 0 Å². The lowest BCUT2D eigenvalue weighted by molar-refractivity contribution is -0.138. The number of fused-ring (bicyclic) bond motifs is 5. The molecule has 4 nitrogen and oxygen atoms in total. The predicted octanol–water partition coefficient (Wildman–Crippen LogP) is 4.36. The zero-order chi connectivity index (χ0) is 19.4. The number of ketones is 1. The van der Waals surface area contributed by atoms with E-state index in [2.05, 4.69) is 13.8 Å². The summed E-state index contributed by atoms with van der Waals surface area (Å²) >= 11 is 0. The van der Waals surface area contributed by atoms with Gasteiger partial charge in [0.2, 0.25) is 0 Å². The first kappa shape index (κ1) is 19.2. The lowest BCUT2D eigenvalue weighted by Crippen LogP contribution is -2.53. The molecule has 0 aromatic carbocycles. The molecule has 3 fully saturated rings. The molecule has 0 heterocycles. The molecule has 4 aliphatic rings. The van der Waals surface area contributed by atoms with Gasteiger partial charge in [-0.1, -0.05) is 19.4 Å². The maximum absolute atomic E-state index is 12.1. The summed E-state index contributed by atoms with van der Waals surface area (Å²) in [7, 11) is 0. The first-order valence-electron chi connectivity index (χ1n) is 10.9. The van der Waals surface area contributed by atoms with Crippen LogP contribution in [0.5, 0.6) is 0 Å². The zero-order valence-electron chi connectivity index (χ0n) is 16.7. The maximum Gasteiger partial charge on any atom is 0.303 e. The molecule has 0 aromatic heterocycles. The van der Waals surface area contributed by atoms with Crippen molar-refractivity contribution in [1.29, 1.82) is 0 Å². The van der Waals surface area contributed by atoms with Crippen molar-refractivity contribution in [1.82, 2.24) is 0 Å². The number of aliphatic carboxylic acids is 1. The van der Waals surface area contributed by atoms with Gasteiger partial charge in [-0.15, -0.1) is 0 Å². The maximum atomic E-state index is 12.1. The zero-order valence-corrected chi connectivity index (χ0v) is 16.7. The highest BCUT2D eigenvalue weighted by Crippen LogP contribution is 2.67. The number of aliphatic hydroxyl groups excluding tert-OH is 1. The fraction of sp³-hybridized carbons (Fsp3) is 0.826. The Hall–Kier alpha value is -1.16. The molecule has 0 unspecified atom stereocenters. The van der Waals surface area contributed by atoms with Crippen LogP contribution >= 0.6 is 0 Å². The summed E-state index contributed by atoms with van der Waals surface area (Å²) in [5.41, 5.74) is 1.45. The topological polar surface area (TPSA) is 74.6 Å². The smallest absolute Gasteiger partial charge is 0.303 e. The van der Waals surface area contributed by atoms with Crippen molar-refractivity contribution in [3.05, 3.63) is 11.6 Å². The molecule has 0 amide bonds. The molecule has 0 saturated heterocycles. The Morgan fingerprint density at radius 2 is 2.00 bits per heavy atom. The molecule has 2 N–H and O–H groups in total. The molecular weight excluding hydrogens is 340 g/mol. The highest BCUT2D eigenvalue weighted by atomic mass is 16.4. The Morgan fingerprint density at radius 3 is 2.74 bits per heavy atom. The van der Waals surface area contributed by atoms with Crippen molar-refractivity contribution >= 4 is 11.8 Å². The minimum atomic E-state index is -0.732. The number of carbonyl (C=O) groups excluding carboxylic acids is 1. The Labute approximate surface area is 162 Å². The van der Waals surface area contributed by atoms with Gasteiger partial charge in [0.15, 0.2) is 5.78 Å². The van der Waals surface area contributed by atoms with E-state index < -0.39 is 5.97 Å². The van der Waals surface area contributed by atoms with E-state index in [9.17, 15) is 14.7 Å². The van der Waals surface area contributed by atoms with E-state index in [1.807, 2.05) is 6.08 Å². The summed E-state index contributed by atoms with van der Waals surface area (Å²) in [4.78, 5) is 23.1. The van der Waals surface area contributed by atoms with Crippen molar-refractivity contribution in [2.45, 2.75) is 84.2 Å². The molecule has 7 atom stereocenters. The average molecular weight is 375 g/mol. The van der Waals surface area contributed by atoms with Crippen molar-refractivity contribution in [3.63, 3.8) is 0 Å². The number of hydrogen-bond acceptors (Lipinski definition) is 3. The van der Waals surface area contributed by atoms with Crippen LogP contribution in [0.2, 0.25) is 0 Å². The summed E-state index contributed by atoms with van der Waals surface area (Å²) in [6.07, 6.45) is 10.3. The van der Waals surface area contributed by atoms with Crippen LogP contribution in [-0.4, -0.2) is 28.1 Å². The number of hydrogen-bond donors (Lipinski definition) is 2. The predicted molar refractivity (Wildman–Crippen MR) is 103 cm³/mol. The van der Waals surface area contributed by atoms with Crippen molar-refractivity contribution in [2.75, 3.05) is 0 Å². The SMILES string of the molecule is C[C@H]1C[C@H]2[C@@H]3CC[C@H](O)[C@@]3(CCCC(=O)O)CC[C@@H]2[C@@]2(C)CCC(=O)C=C12. The van der Waals surface area contributed by atoms with Gasteiger partial charge in [0.05, 0.1) is 6.10 Å². The largest absolute Gasteiger partial charge is 0.481 e. The quantitative estimate of drug-likeness (QED) is 0.767. The summed E-state index contributed by atoms with van der Waals surface area (Å²) in [6, 6.07) is 0. The lowest BCUT2D eigenvalue weighted by Gasteiger charge is -2.60. The third-order valence-corrected chi connectivity index (χ3v) is 8.98. The van der Waals surface area contributed by atoms with Gasteiger partial charge >= 0.3 is 5.97 Å². The van der Waals surface area contributed by atoms with Crippen LogP contribution in [0.15, 0.2) is 11.6 Å². The Bertz CT molecular complexity index is 667. The number of carboxylic acids is 1. The third kappa shape index (κ3) is 2.90. The summed E-state index contributed by atoms with van der Waals surface area (Å²) in [5.74, 6) is 1.72. The van der Waals surface area contributed by atoms with Gasteiger partial charge in [0.1, 0.15) is 0 Å². The average Bonchev–Trinajstić information content (AvgIpc) is 2.94. The van der Waals surface area contributed by atoms with Crippen molar-refractivity contribution in [2.24, 2.45) is 34.5 Å².